The van der Waals surface area contributed by atoms with E-state index in [1.54, 1.807) is 29.2 Å². The van der Waals surface area contributed by atoms with Crippen molar-refractivity contribution in [1.82, 2.24) is 4.90 Å². The molecular formula is C22H24FN3O3. The van der Waals surface area contributed by atoms with E-state index in [2.05, 4.69) is 10.2 Å². The van der Waals surface area contributed by atoms with Crippen LogP contribution in [0.25, 0.3) is 0 Å². The van der Waals surface area contributed by atoms with E-state index in [0.717, 1.165) is 19.6 Å². The smallest absolute Gasteiger partial charge is 0.265 e. The van der Waals surface area contributed by atoms with Gasteiger partial charge in [0.05, 0.1) is 5.69 Å². The summed E-state index contributed by atoms with van der Waals surface area (Å²) in [5.41, 5.74) is 1.41. The minimum atomic E-state index is -0.467. The van der Waals surface area contributed by atoms with Crippen molar-refractivity contribution >= 4 is 23.2 Å². The molecule has 7 heteroatoms. The first-order valence-electron chi connectivity index (χ1n) is 9.97. The molecule has 2 aromatic carbocycles. The van der Waals surface area contributed by atoms with Crippen LogP contribution < -0.4 is 15.0 Å². The molecule has 0 unspecified atom stereocenters. The van der Waals surface area contributed by atoms with Gasteiger partial charge in [-0.25, -0.2) is 4.39 Å². The summed E-state index contributed by atoms with van der Waals surface area (Å²) in [4.78, 5) is 29.0. The molecule has 2 aliphatic rings. The van der Waals surface area contributed by atoms with Crippen molar-refractivity contribution in [1.29, 1.82) is 0 Å². The molecule has 0 aromatic heterocycles. The Labute approximate surface area is 169 Å². The molecule has 6 nitrogen and oxygen atoms in total. The third-order valence-electron chi connectivity index (χ3n) is 5.34. The Bertz CT molecular complexity index is 912. The van der Waals surface area contributed by atoms with Crippen LogP contribution in [0.15, 0.2) is 42.5 Å². The van der Waals surface area contributed by atoms with E-state index < -0.39 is 11.7 Å². The second kappa shape index (κ2) is 8.61. The van der Waals surface area contributed by atoms with E-state index in [-0.39, 0.29) is 18.1 Å². The Hall–Kier alpha value is -2.93. The van der Waals surface area contributed by atoms with E-state index in [0.29, 0.717) is 23.7 Å². The first kappa shape index (κ1) is 19.4. The monoisotopic (exact) mass is 397 g/mol. The lowest BCUT2D eigenvalue weighted by atomic mass is 10.1. The summed E-state index contributed by atoms with van der Waals surface area (Å²) in [6.07, 6.45) is 3.66. The Morgan fingerprint density at radius 2 is 1.90 bits per heavy atom. The maximum Gasteiger partial charge on any atom is 0.265 e. The third-order valence-corrected chi connectivity index (χ3v) is 5.34. The minimum Gasteiger partial charge on any atom is -0.482 e. The predicted octanol–water partition coefficient (Wildman–Crippen LogP) is 3.29. The quantitative estimate of drug-likeness (QED) is 0.841. The summed E-state index contributed by atoms with van der Waals surface area (Å²) >= 11 is 0. The number of benzene rings is 2. The lowest BCUT2D eigenvalue weighted by molar-refractivity contribution is -0.121. The van der Waals surface area contributed by atoms with Crippen LogP contribution in [0.5, 0.6) is 5.75 Å². The van der Waals surface area contributed by atoms with Crippen molar-refractivity contribution in [2.45, 2.75) is 19.3 Å². The summed E-state index contributed by atoms with van der Waals surface area (Å²) in [7, 11) is 0. The average Bonchev–Trinajstić information content (AvgIpc) is 2.74. The van der Waals surface area contributed by atoms with Crippen LogP contribution in [0.2, 0.25) is 0 Å². The van der Waals surface area contributed by atoms with Crippen molar-refractivity contribution in [2.75, 3.05) is 43.0 Å². The molecule has 0 aliphatic carbocycles. The highest BCUT2D eigenvalue weighted by Crippen LogP contribution is 2.34. The van der Waals surface area contributed by atoms with Crippen molar-refractivity contribution in [3.63, 3.8) is 0 Å². The van der Waals surface area contributed by atoms with Gasteiger partial charge >= 0.3 is 0 Å². The maximum absolute atomic E-state index is 13.4. The molecule has 2 aromatic rings. The van der Waals surface area contributed by atoms with Gasteiger partial charge in [0, 0.05) is 24.3 Å². The lowest BCUT2D eigenvalue weighted by Crippen LogP contribution is -2.44. The number of anilines is 2. The van der Waals surface area contributed by atoms with Gasteiger partial charge in [0.25, 0.3) is 11.8 Å². The van der Waals surface area contributed by atoms with Crippen LogP contribution in [0.4, 0.5) is 15.8 Å². The Morgan fingerprint density at radius 3 is 2.69 bits per heavy atom. The molecule has 0 saturated carbocycles. The number of nitrogens with zero attached hydrogens (tertiary/aromatic N) is 2. The molecule has 2 amide bonds. The minimum absolute atomic E-state index is 0.0159. The van der Waals surface area contributed by atoms with Gasteiger partial charge < -0.3 is 19.9 Å². The molecule has 4 rings (SSSR count). The number of fused-ring (bicyclic) bond motifs is 1. The molecule has 152 valence electrons. The number of carbonyl (C=O) groups excluding carboxylic acids is 2. The summed E-state index contributed by atoms with van der Waals surface area (Å²) in [5.74, 6) is -0.353. The zero-order valence-electron chi connectivity index (χ0n) is 16.2. The standard InChI is InChI=1S/C22H24FN3O3/c23-17-6-4-5-16(13-17)22(28)24-18-7-8-20-19(14-18)26(21(27)15-29-20)12-11-25-9-2-1-3-10-25/h4-8,13-14H,1-3,9-12,15H2,(H,24,28). The first-order valence-corrected chi connectivity index (χ1v) is 9.97. The number of halogens is 1. The van der Waals surface area contributed by atoms with E-state index in [1.807, 2.05) is 0 Å². The molecule has 1 fully saturated rings. The predicted molar refractivity (Wildman–Crippen MR) is 109 cm³/mol. The second-order valence-corrected chi connectivity index (χ2v) is 7.38. The molecule has 0 bridgehead atoms. The van der Waals surface area contributed by atoms with Crippen LogP contribution >= 0.6 is 0 Å². The van der Waals surface area contributed by atoms with Crippen molar-refractivity contribution in [2.24, 2.45) is 0 Å². The van der Waals surface area contributed by atoms with Crippen molar-refractivity contribution in [3.05, 3.63) is 53.8 Å². The molecule has 1 N–H and O–H groups in total. The highest BCUT2D eigenvalue weighted by Gasteiger charge is 2.26. The van der Waals surface area contributed by atoms with E-state index in [4.69, 9.17) is 4.74 Å². The number of nitrogens with one attached hydrogen (secondary N) is 1. The van der Waals surface area contributed by atoms with E-state index in [1.165, 1.54) is 37.5 Å². The molecule has 1 saturated heterocycles. The lowest BCUT2D eigenvalue weighted by Gasteiger charge is -2.33. The molecule has 0 spiro atoms. The van der Waals surface area contributed by atoms with Crippen LogP contribution in [0, 0.1) is 5.82 Å². The molecular weight excluding hydrogens is 373 g/mol. The number of hydrogen-bond acceptors (Lipinski definition) is 4. The normalized spacial score (nSPS) is 16.9. The van der Waals surface area contributed by atoms with Gasteiger partial charge in [-0.15, -0.1) is 0 Å². The van der Waals surface area contributed by atoms with Crippen LogP contribution in [-0.4, -0.2) is 49.5 Å². The van der Waals surface area contributed by atoms with Gasteiger partial charge in [0.1, 0.15) is 11.6 Å². The topological polar surface area (TPSA) is 61.9 Å². The summed E-state index contributed by atoms with van der Waals surface area (Å²) in [6.45, 7) is 3.54. The van der Waals surface area contributed by atoms with E-state index in [9.17, 15) is 14.0 Å². The number of hydrogen-bond donors (Lipinski definition) is 1. The van der Waals surface area contributed by atoms with Gasteiger partial charge in [-0.05, 0) is 62.3 Å². The van der Waals surface area contributed by atoms with Gasteiger partial charge in [-0.1, -0.05) is 12.5 Å². The number of likely N-dealkylation sites (tertiary alicyclic amines) is 1. The molecule has 0 atom stereocenters. The van der Waals surface area contributed by atoms with Crippen LogP contribution in [-0.2, 0) is 4.79 Å². The van der Waals surface area contributed by atoms with Crippen LogP contribution in [0.3, 0.4) is 0 Å². The summed E-state index contributed by atoms with van der Waals surface area (Å²) < 4.78 is 18.9. The molecule has 0 radical (unpaired) electrons. The fraction of sp³-hybridized carbons (Fsp3) is 0.364. The van der Waals surface area contributed by atoms with Gasteiger partial charge in [0.15, 0.2) is 6.61 Å². The molecule has 2 heterocycles. The molecule has 29 heavy (non-hydrogen) atoms. The zero-order valence-corrected chi connectivity index (χ0v) is 16.2. The number of carbonyl (C=O) groups is 2. The third kappa shape index (κ3) is 4.56. The van der Waals surface area contributed by atoms with Gasteiger partial charge in [-0.2, -0.15) is 0 Å². The zero-order chi connectivity index (χ0) is 20.2. The Balaban J connectivity index is 1.50. The van der Waals surface area contributed by atoms with Crippen molar-refractivity contribution in [3.8, 4) is 5.75 Å². The van der Waals surface area contributed by atoms with Gasteiger partial charge in [-0.3, -0.25) is 9.59 Å². The highest BCUT2D eigenvalue weighted by molar-refractivity contribution is 6.05. The summed E-state index contributed by atoms with van der Waals surface area (Å²) in [5, 5.41) is 2.77. The van der Waals surface area contributed by atoms with Gasteiger partial charge in [0.2, 0.25) is 0 Å². The van der Waals surface area contributed by atoms with Crippen molar-refractivity contribution < 1.29 is 18.7 Å². The molecule has 2 aliphatic heterocycles. The fourth-order valence-corrected chi connectivity index (χ4v) is 3.78. The first-order chi connectivity index (χ1) is 14.1. The van der Waals surface area contributed by atoms with Crippen LogP contribution in [0.1, 0.15) is 29.6 Å². The van der Waals surface area contributed by atoms with E-state index >= 15 is 0 Å². The maximum atomic E-state index is 13.4. The SMILES string of the molecule is O=C(Nc1ccc2c(c1)N(CCN1CCCCC1)C(=O)CO2)c1cccc(F)c1. The number of amides is 2. The second-order valence-electron chi connectivity index (χ2n) is 7.38. The Kier molecular flexibility index (Phi) is 5.76. The summed E-state index contributed by atoms with van der Waals surface area (Å²) in [6, 6.07) is 10.7. The number of ether oxygens (including phenoxy) is 1. The Morgan fingerprint density at radius 1 is 1.07 bits per heavy atom. The largest absolute Gasteiger partial charge is 0.482 e. The number of rotatable bonds is 5. The number of piperidine rings is 1. The highest BCUT2D eigenvalue weighted by atomic mass is 19.1. The fourth-order valence-electron chi connectivity index (χ4n) is 3.78. The average molecular weight is 397 g/mol.